The molecule has 1 rings (SSSR count). The summed E-state index contributed by atoms with van der Waals surface area (Å²) in [6, 6.07) is 5.72. The molecular weight excluding hydrogens is 338 g/mol. The second-order valence-corrected chi connectivity index (χ2v) is 5.55. The van der Waals surface area contributed by atoms with Crippen LogP contribution in [-0.2, 0) is 9.47 Å². The molecule has 0 radical (unpaired) electrons. The van der Waals surface area contributed by atoms with Crippen molar-refractivity contribution in [2.75, 3.05) is 38.9 Å². The number of amidine groups is 1. The Balaban J connectivity index is 3.24. The Kier molecular flexibility index (Phi) is 7.49. The van der Waals surface area contributed by atoms with E-state index in [1.54, 1.807) is 14.2 Å². The molecule has 0 bridgehead atoms. The molecular formula is C14H22BrN3O3. The van der Waals surface area contributed by atoms with E-state index in [1.165, 1.54) is 0 Å². The molecule has 0 amide bonds. The van der Waals surface area contributed by atoms with Gasteiger partial charge in [-0.1, -0.05) is 21.1 Å². The number of hydrogen-bond donors (Lipinski definition) is 2. The van der Waals surface area contributed by atoms with Gasteiger partial charge in [-0.3, -0.25) is 0 Å². The number of oxime groups is 1. The molecule has 1 aromatic rings. The molecule has 3 N–H and O–H groups in total. The fraction of sp³-hybridized carbons (Fsp3) is 0.500. The molecule has 0 aliphatic rings. The highest BCUT2D eigenvalue weighted by atomic mass is 79.9. The van der Waals surface area contributed by atoms with Crippen LogP contribution in [0.3, 0.4) is 0 Å². The maximum absolute atomic E-state index is 8.97. The van der Waals surface area contributed by atoms with Gasteiger partial charge in [0.2, 0.25) is 0 Å². The lowest BCUT2D eigenvalue weighted by molar-refractivity contribution is 0.171. The largest absolute Gasteiger partial charge is 0.409 e. The van der Waals surface area contributed by atoms with Gasteiger partial charge in [0.25, 0.3) is 0 Å². The number of halogens is 1. The van der Waals surface area contributed by atoms with Crippen molar-refractivity contribution < 1.29 is 14.7 Å². The third-order valence-corrected chi connectivity index (χ3v) is 3.62. The van der Waals surface area contributed by atoms with Gasteiger partial charge in [-0.2, -0.15) is 0 Å². The predicted octanol–water partition coefficient (Wildman–Crippen LogP) is 2.03. The van der Waals surface area contributed by atoms with Crippen LogP contribution >= 0.6 is 15.9 Å². The van der Waals surface area contributed by atoms with Crippen LogP contribution in [0.15, 0.2) is 27.8 Å². The van der Waals surface area contributed by atoms with Crippen LogP contribution in [0.2, 0.25) is 0 Å². The van der Waals surface area contributed by atoms with Gasteiger partial charge in [-0.25, -0.2) is 0 Å². The van der Waals surface area contributed by atoms with Gasteiger partial charge in [0.05, 0.1) is 13.2 Å². The quantitative estimate of drug-likeness (QED) is 0.321. The summed E-state index contributed by atoms with van der Waals surface area (Å²) in [5, 5.41) is 12.1. The molecule has 0 saturated heterocycles. The average Bonchev–Trinajstić information content (AvgIpc) is 2.47. The maximum atomic E-state index is 8.97. The molecule has 1 aromatic carbocycles. The Hall–Kier alpha value is -1.31. The van der Waals surface area contributed by atoms with Crippen molar-refractivity contribution in [2.24, 2.45) is 10.9 Å². The lowest BCUT2D eigenvalue weighted by atomic mass is 10.1. The van der Waals surface area contributed by atoms with Crippen molar-refractivity contribution in [3.63, 3.8) is 0 Å². The van der Waals surface area contributed by atoms with E-state index in [0.717, 1.165) is 10.2 Å². The van der Waals surface area contributed by atoms with Crippen molar-refractivity contribution >= 4 is 27.5 Å². The number of nitrogens with zero attached hydrogens (tertiary/aromatic N) is 2. The first-order valence-corrected chi connectivity index (χ1v) is 7.36. The van der Waals surface area contributed by atoms with Crippen molar-refractivity contribution in [1.29, 1.82) is 0 Å². The summed E-state index contributed by atoms with van der Waals surface area (Å²) >= 11 is 3.46. The minimum Gasteiger partial charge on any atom is -0.409 e. The fourth-order valence-electron chi connectivity index (χ4n) is 2.11. The van der Waals surface area contributed by atoms with Crippen molar-refractivity contribution in [1.82, 2.24) is 0 Å². The Bertz CT molecular complexity index is 483. The highest BCUT2D eigenvalue weighted by Crippen LogP contribution is 2.27. The molecule has 0 aliphatic heterocycles. The summed E-state index contributed by atoms with van der Waals surface area (Å²) in [6.45, 7) is 3.85. The second-order valence-electron chi connectivity index (χ2n) is 4.64. The molecule has 0 heterocycles. The molecule has 0 aromatic heterocycles. The number of hydrogen-bond acceptors (Lipinski definition) is 5. The Morgan fingerprint density at radius 3 is 2.71 bits per heavy atom. The Labute approximate surface area is 133 Å². The molecule has 21 heavy (non-hydrogen) atoms. The zero-order chi connectivity index (χ0) is 15.8. The Morgan fingerprint density at radius 1 is 1.43 bits per heavy atom. The number of anilines is 1. The normalized spacial score (nSPS) is 13.2. The van der Waals surface area contributed by atoms with Crippen LogP contribution in [0.25, 0.3) is 0 Å². The molecule has 0 fully saturated rings. The standard InChI is InChI=1S/C14H22BrN3O3/c1-10(9-21-3)18(6-7-20-2)13-8-11(15)4-5-12(13)14(16)17-19/h4-5,8,10,19H,6-7,9H2,1-3H3,(H2,16,17). The number of ether oxygens (including phenoxy) is 2. The number of benzene rings is 1. The number of methoxy groups -OCH3 is 2. The van der Waals surface area contributed by atoms with E-state index in [1.807, 2.05) is 18.2 Å². The first kappa shape index (κ1) is 17.7. The average molecular weight is 360 g/mol. The van der Waals surface area contributed by atoms with E-state index in [9.17, 15) is 0 Å². The monoisotopic (exact) mass is 359 g/mol. The van der Waals surface area contributed by atoms with E-state index in [2.05, 4.69) is 32.9 Å². The SMILES string of the molecule is COCCN(c1cc(Br)ccc1/C(N)=N/O)C(C)COC. The molecule has 1 unspecified atom stereocenters. The molecule has 6 nitrogen and oxygen atoms in total. The number of nitrogens with two attached hydrogens (primary N) is 1. The van der Waals surface area contributed by atoms with Gasteiger partial charge in [0.1, 0.15) is 0 Å². The van der Waals surface area contributed by atoms with E-state index < -0.39 is 0 Å². The van der Waals surface area contributed by atoms with Crippen LogP contribution in [0.1, 0.15) is 12.5 Å². The second kappa shape index (κ2) is 8.86. The minimum atomic E-state index is 0.0736. The Morgan fingerprint density at radius 2 is 2.14 bits per heavy atom. The van der Waals surface area contributed by atoms with Gasteiger partial charge in [-0.05, 0) is 25.1 Å². The summed E-state index contributed by atoms with van der Waals surface area (Å²) in [7, 11) is 3.32. The van der Waals surface area contributed by atoms with Gasteiger partial charge < -0.3 is 25.3 Å². The zero-order valence-electron chi connectivity index (χ0n) is 12.5. The van der Waals surface area contributed by atoms with Gasteiger partial charge in [0, 0.05) is 42.5 Å². The lowest BCUT2D eigenvalue weighted by Gasteiger charge is -2.32. The molecule has 7 heteroatoms. The maximum Gasteiger partial charge on any atom is 0.172 e. The van der Waals surface area contributed by atoms with Crippen LogP contribution < -0.4 is 10.6 Å². The first-order chi connectivity index (χ1) is 10.0. The molecule has 0 spiro atoms. The topological polar surface area (TPSA) is 80.3 Å². The summed E-state index contributed by atoms with van der Waals surface area (Å²) in [5.74, 6) is 0.0736. The first-order valence-electron chi connectivity index (χ1n) is 6.57. The third kappa shape index (κ3) is 4.87. The zero-order valence-corrected chi connectivity index (χ0v) is 14.1. The fourth-order valence-corrected chi connectivity index (χ4v) is 2.46. The minimum absolute atomic E-state index is 0.0736. The number of rotatable bonds is 8. The van der Waals surface area contributed by atoms with E-state index >= 15 is 0 Å². The van der Waals surface area contributed by atoms with Crippen molar-refractivity contribution in [2.45, 2.75) is 13.0 Å². The third-order valence-electron chi connectivity index (χ3n) is 3.13. The van der Waals surface area contributed by atoms with E-state index in [4.69, 9.17) is 20.4 Å². The summed E-state index contributed by atoms with van der Waals surface area (Å²) in [6.07, 6.45) is 0. The van der Waals surface area contributed by atoms with E-state index in [-0.39, 0.29) is 11.9 Å². The highest BCUT2D eigenvalue weighted by molar-refractivity contribution is 9.10. The predicted molar refractivity (Wildman–Crippen MR) is 87.2 cm³/mol. The molecule has 118 valence electrons. The summed E-state index contributed by atoms with van der Waals surface area (Å²) in [4.78, 5) is 2.12. The highest BCUT2D eigenvalue weighted by Gasteiger charge is 2.19. The summed E-state index contributed by atoms with van der Waals surface area (Å²) < 4.78 is 11.3. The van der Waals surface area contributed by atoms with Crippen molar-refractivity contribution in [3.05, 3.63) is 28.2 Å². The van der Waals surface area contributed by atoms with Crippen LogP contribution in [0.4, 0.5) is 5.69 Å². The van der Waals surface area contributed by atoms with Gasteiger partial charge in [0.15, 0.2) is 5.84 Å². The van der Waals surface area contributed by atoms with Crippen LogP contribution in [-0.4, -0.2) is 51.1 Å². The smallest absolute Gasteiger partial charge is 0.172 e. The summed E-state index contributed by atoms with van der Waals surface area (Å²) in [5.41, 5.74) is 7.31. The van der Waals surface area contributed by atoms with E-state index in [0.29, 0.717) is 25.3 Å². The van der Waals surface area contributed by atoms with Crippen LogP contribution in [0, 0.1) is 0 Å². The van der Waals surface area contributed by atoms with Gasteiger partial charge in [-0.15, -0.1) is 0 Å². The molecule has 0 aliphatic carbocycles. The molecule has 0 saturated carbocycles. The van der Waals surface area contributed by atoms with Gasteiger partial charge >= 0.3 is 0 Å². The molecule has 1 atom stereocenters. The van der Waals surface area contributed by atoms with Crippen LogP contribution in [0.5, 0.6) is 0 Å². The lowest BCUT2D eigenvalue weighted by Crippen LogP contribution is -2.40. The van der Waals surface area contributed by atoms with Crippen molar-refractivity contribution in [3.8, 4) is 0 Å².